The van der Waals surface area contributed by atoms with Crippen LogP contribution in [0, 0.1) is 0 Å². The van der Waals surface area contributed by atoms with E-state index in [9.17, 15) is 14.4 Å². The van der Waals surface area contributed by atoms with Crippen LogP contribution in [0.4, 0.5) is 0 Å². The highest BCUT2D eigenvalue weighted by Crippen LogP contribution is 2.14. The van der Waals surface area contributed by atoms with Gasteiger partial charge in [0.1, 0.15) is 13.2 Å². The summed E-state index contributed by atoms with van der Waals surface area (Å²) in [7, 11) is 0. The Morgan fingerprint density at radius 2 is 0.651 bits per heavy atom. The van der Waals surface area contributed by atoms with Gasteiger partial charge in [0.05, 0.1) is 0 Å². The minimum Gasteiger partial charge on any atom is -0.462 e. The fraction of sp³-hybridized carbons (Fsp3) is 0.702. The number of rotatable bonds is 46. The number of carbonyl (C=O) groups excluding carboxylic acids is 3. The van der Waals surface area contributed by atoms with Gasteiger partial charge in [-0.1, -0.05) is 215 Å². The predicted molar refractivity (Wildman–Crippen MR) is 270 cm³/mol. The zero-order chi connectivity index (χ0) is 45.8. The van der Waals surface area contributed by atoms with E-state index in [4.69, 9.17) is 14.2 Å². The Balaban J connectivity index is 4.20. The van der Waals surface area contributed by atoms with Crippen LogP contribution in [0.2, 0.25) is 0 Å². The molecule has 0 spiro atoms. The molecule has 0 bridgehead atoms. The van der Waals surface area contributed by atoms with Crippen LogP contribution in [0.15, 0.2) is 85.1 Å². The van der Waals surface area contributed by atoms with Crippen LogP contribution >= 0.6 is 0 Å². The summed E-state index contributed by atoms with van der Waals surface area (Å²) in [6, 6.07) is 0. The van der Waals surface area contributed by atoms with Crippen LogP contribution in [-0.2, 0) is 28.6 Å². The van der Waals surface area contributed by atoms with Crippen LogP contribution in [0.1, 0.15) is 239 Å². The van der Waals surface area contributed by atoms with Crippen molar-refractivity contribution in [2.75, 3.05) is 13.2 Å². The molecule has 0 N–H and O–H groups in total. The first-order valence-electron chi connectivity index (χ1n) is 26.1. The molecule has 0 aliphatic heterocycles. The molecule has 0 rings (SSSR count). The molecule has 6 heteroatoms. The second-order valence-electron chi connectivity index (χ2n) is 17.1. The van der Waals surface area contributed by atoms with Gasteiger partial charge >= 0.3 is 17.9 Å². The molecule has 0 heterocycles. The lowest BCUT2D eigenvalue weighted by molar-refractivity contribution is -0.167. The monoisotopic (exact) mass is 877 g/mol. The van der Waals surface area contributed by atoms with E-state index in [1.807, 2.05) is 0 Å². The van der Waals surface area contributed by atoms with Crippen LogP contribution in [0.5, 0.6) is 0 Å². The Kier molecular flexibility index (Phi) is 48.5. The van der Waals surface area contributed by atoms with Gasteiger partial charge in [-0.25, -0.2) is 0 Å². The molecular formula is C57H96O6. The molecule has 0 aromatic rings. The summed E-state index contributed by atoms with van der Waals surface area (Å²) < 4.78 is 16.7. The van der Waals surface area contributed by atoms with Crippen molar-refractivity contribution in [2.45, 2.75) is 245 Å². The maximum atomic E-state index is 12.7. The summed E-state index contributed by atoms with van der Waals surface area (Å²) in [6.45, 7) is 6.39. The SMILES string of the molecule is CC/C=C\C/C=C\C/C=C\C/C=C\C/C=C\CCCCCCCCCCCC(=O)OCC(COC(=O)CCCCCCCCC)OC(=O)CCCCCCC/C=C\C/C=C\CCC. The molecular weight excluding hydrogens is 781 g/mol. The first-order chi connectivity index (χ1) is 31.0. The summed E-state index contributed by atoms with van der Waals surface area (Å²) in [5.74, 6) is -0.913. The fourth-order valence-corrected chi connectivity index (χ4v) is 6.98. The van der Waals surface area contributed by atoms with Crippen molar-refractivity contribution in [3.8, 4) is 0 Å². The number of esters is 3. The van der Waals surface area contributed by atoms with Gasteiger partial charge in [0.15, 0.2) is 6.10 Å². The molecule has 63 heavy (non-hydrogen) atoms. The van der Waals surface area contributed by atoms with Gasteiger partial charge in [-0.3, -0.25) is 14.4 Å². The molecule has 0 aliphatic carbocycles. The van der Waals surface area contributed by atoms with Gasteiger partial charge in [-0.15, -0.1) is 0 Å². The lowest BCUT2D eigenvalue weighted by Crippen LogP contribution is -2.30. The van der Waals surface area contributed by atoms with Crippen molar-refractivity contribution in [1.29, 1.82) is 0 Å². The van der Waals surface area contributed by atoms with Crippen molar-refractivity contribution in [2.24, 2.45) is 0 Å². The van der Waals surface area contributed by atoms with Crippen molar-refractivity contribution in [1.82, 2.24) is 0 Å². The van der Waals surface area contributed by atoms with Crippen molar-refractivity contribution < 1.29 is 28.6 Å². The Bertz CT molecular complexity index is 1240. The zero-order valence-electron chi connectivity index (χ0n) is 41.1. The second-order valence-corrected chi connectivity index (χ2v) is 17.1. The van der Waals surface area contributed by atoms with E-state index in [1.165, 1.54) is 70.6 Å². The second kappa shape index (κ2) is 51.2. The highest BCUT2D eigenvalue weighted by atomic mass is 16.6. The molecule has 0 saturated heterocycles. The summed E-state index contributed by atoms with van der Waals surface area (Å²) in [5, 5.41) is 0. The number of ether oxygens (including phenoxy) is 3. The van der Waals surface area contributed by atoms with Crippen molar-refractivity contribution in [3.63, 3.8) is 0 Å². The number of unbranched alkanes of at least 4 members (excludes halogenated alkanes) is 21. The lowest BCUT2D eigenvalue weighted by Gasteiger charge is -2.18. The molecule has 1 unspecified atom stereocenters. The van der Waals surface area contributed by atoms with E-state index in [1.54, 1.807) is 0 Å². The normalized spacial score (nSPS) is 12.7. The Labute approximate surface area is 388 Å². The van der Waals surface area contributed by atoms with Gasteiger partial charge in [-0.2, -0.15) is 0 Å². The summed E-state index contributed by atoms with van der Waals surface area (Å²) in [4.78, 5) is 37.8. The Hall–Kier alpha value is -3.41. The predicted octanol–water partition coefficient (Wildman–Crippen LogP) is 17.2. The third-order valence-electron chi connectivity index (χ3n) is 10.9. The molecule has 1 atom stereocenters. The van der Waals surface area contributed by atoms with E-state index >= 15 is 0 Å². The highest BCUT2D eigenvalue weighted by molar-refractivity contribution is 5.71. The average Bonchev–Trinajstić information content (AvgIpc) is 3.28. The fourth-order valence-electron chi connectivity index (χ4n) is 6.98. The molecule has 0 amide bonds. The first-order valence-corrected chi connectivity index (χ1v) is 26.1. The van der Waals surface area contributed by atoms with Crippen molar-refractivity contribution >= 4 is 17.9 Å². The van der Waals surface area contributed by atoms with Gasteiger partial charge in [0, 0.05) is 19.3 Å². The number of hydrogen-bond donors (Lipinski definition) is 0. The van der Waals surface area contributed by atoms with Crippen LogP contribution in [0.25, 0.3) is 0 Å². The number of allylic oxidation sites excluding steroid dienone is 14. The standard InChI is InChI=1S/C57H96O6/c1-4-7-10-13-16-18-20-22-23-24-25-26-27-28-29-30-31-32-33-35-36-38-41-44-47-50-56(59)62-53-54(52-61-55(58)49-46-43-40-15-12-9-6-3)63-57(60)51-48-45-42-39-37-34-21-19-17-14-11-8-5-2/h7,10-11,14,16,18-19,21-23,25-26,28-29,54H,4-6,8-9,12-13,15,17,20,24,27,30-53H2,1-3H3/b10-7-,14-11-,18-16-,21-19-,23-22-,26-25-,29-28-. The van der Waals surface area contributed by atoms with Crippen LogP contribution in [0.3, 0.4) is 0 Å². The van der Waals surface area contributed by atoms with Crippen LogP contribution in [-0.4, -0.2) is 37.2 Å². The van der Waals surface area contributed by atoms with E-state index < -0.39 is 6.10 Å². The van der Waals surface area contributed by atoms with Gasteiger partial charge < -0.3 is 14.2 Å². The molecule has 0 aromatic carbocycles. The number of hydrogen-bond acceptors (Lipinski definition) is 6. The first kappa shape index (κ1) is 59.6. The summed E-state index contributed by atoms with van der Waals surface area (Å²) >= 11 is 0. The molecule has 0 aliphatic rings. The van der Waals surface area contributed by atoms with E-state index in [2.05, 4.69) is 106 Å². The van der Waals surface area contributed by atoms with Gasteiger partial charge in [-0.05, 0) is 89.9 Å². The molecule has 0 saturated carbocycles. The maximum Gasteiger partial charge on any atom is 0.306 e. The van der Waals surface area contributed by atoms with Crippen LogP contribution < -0.4 is 0 Å². The Morgan fingerprint density at radius 1 is 0.333 bits per heavy atom. The molecule has 0 fully saturated rings. The lowest BCUT2D eigenvalue weighted by atomic mass is 10.1. The minimum absolute atomic E-state index is 0.0837. The molecule has 0 radical (unpaired) electrons. The third-order valence-corrected chi connectivity index (χ3v) is 10.9. The Morgan fingerprint density at radius 3 is 1.03 bits per heavy atom. The quantitative estimate of drug-likeness (QED) is 0.0262. The average molecular weight is 877 g/mol. The van der Waals surface area contributed by atoms with Crippen molar-refractivity contribution in [3.05, 3.63) is 85.1 Å². The smallest absolute Gasteiger partial charge is 0.306 e. The largest absolute Gasteiger partial charge is 0.462 e. The summed E-state index contributed by atoms with van der Waals surface area (Å²) in [5.41, 5.74) is 0. The highest BCUT2D eigenvalue weighted by Gasteiger charge is 2.19. The van der Waals surface area contributed by atoms with E-state index in [0.29, 0.717) is 19.3 Å². The zero-order valence-corrected chi connectivity index (χ0v) is 41.1. The van der Waals surface area contributed by atoms with E-state index in [-0.39, 0.29) is 31.1 Å². The van der Waals surface area contributed by atoms with E-state index in [0.717, 1.165) is 128 Å². The summed E-state index contributed by atoms with van der Waals surface area (Å²) in [6.07, 6.45) is 65.9. The van der Waals surface area contributed by atoms with Gasteiger partial charge in [0.25, 0.3) is 0 Å². The molecule has 360 valence electrons. The maximum absolute atomic E-state index is 12.7. The molecule has 0 aromatic heterocycles. The topological polar surface area (TPSA) is 78.9 Å². The van der Waals surface area contributed by atoms with Gasteiger partial charge in [0.2, 0.25) is 0 Å². The minimum atomic E-state index is -0.782. The molecule has 6 nitrogen and oxygen atoms in total. The number of carbonyl (C=O) groups is 3. The third kappa shape index (κ3) is 49.5.